The molecular formula is C11H13BrN6O3. The van der Waals surface area contributed by atoms with E-state index in [1.54, 1.807) is 10.9 Å². The predicted octanol–water partition coefficient (Wildman–Crippen LogP) is 1.20. The van der Waals surface area contributed by atoms with Gasteiger partial charge >= 0.3 is 5.69 Å². The lowest BCUT2D eigenvalue weighted by molar-refractivity contribution is -0.385. The van der Waals surface area contributed by atoms with Crippen LogP contribution < -0.4 is 5.32 Å². The Labute approximate surface area is 128 Å². The van der Waals surface area contributed by atoms with E-state index in [1.807, 2.05) is 6.92 Å². The first-order valence-corrected chi connectivity index (χ1v) is 6.98. The average molecular weight is 357 g/mol. The zero-order chi connectivity index (χ0) is 15.4. The Balaban J connectivity index is 1.92. The van der Waals surface area contributed by atoms with E-state index in [2.05, 4.69) is 31.4 Å². The number of nitrogens with one attached hydrogen (secondary N) is 1. The number of amides is 1. The molecule has 0 fully saturated rings. The smallest absolute Gasteiger partial charge is 0.306 e. The van der Waals surface area contributed by atoms with Crippen molar-refractivity contribution in [3.05, 3.63) is 38.9 Å². The molecule has 0 aliphatic carbocycles. The van der Waals surface area contributed by atoms with Gasteiger partial charge in [0.2, 0.25) is 0 Å². The molecule has 0 unspecified atom stereocenters. The summed E-state index contributed by atoms with van der Waals surface area (Å²) in [5.41, 5.74) is 0.372. The van der Waals surface area contributed by atoms with Gasteiger partial charge in [-0.25, -0.2) is 0 Å². The van der Waals surface area contributed by atoms with Crippen LogP contribution in [0.15, 0.2) is 23.1 Å². The van der Waals surface area contributed by atoms with E-state index in [9.17, 15) is 14.9 Å². The molecule has 0 spiro atoms. The van der Waals surface area contributed by atoms with Gasteiger partial charge in [-0.15, -0.1) is 0 Å². The fourth-order valence-corrected chi connectivity index (χ4v) is 2.24. The van der Waals surface area contributed by atoms with Gasteiger partial charge in [0.15, 0.2) is 0 Å². The molecule has 0 bridgehead atoms. The van der Waals surface area contributed by atoms with Crippen LogP contribution in [0.2, 0.25) is 0 Å². The minimum Gasteiger partial charge on any atom is -0.349 e. The van der Waals surface area contributed by atoms with Gasteiger partial charge in [0.25, 0.3) is 5.91 Å². The predicted molar refractivity (Wildman–Crippen MR) is 76.8 cm³/mol. The molecule has 0 atom stereocenters. The van der Waals surface area contributed by atoms with Gasteiger partial charge in [-0.05, 0) is 22.9 Å². The molecule has 1 amide bonds. The van der Waals surface area contributed by atoms with Gasteiger partial charge in [-0.3, -0.25) is 24.3 Å². The molecule has 2 rings (SSSR count). The van der Waals surface area contributed by atoms with Crippen LogP contribution in [0.3, 0.4) is 0 Å². The number of rotatable bonds is 6. The van der Waals surface area contributed by atoms with Crippen LogP contribution in [-0.2, 0) is 13.1 Å². The summed E-state index contributed by atoms with van der Waals surface area (Å²) in [5, 5.41) is 21.2. The largest absolute Gasteiger partial charge is 0.349 e. The molecule has 2 aromatic rings. The lowest BCUT2D eigenvalue weighted by atomic mass is 10.4. The SMILES string of the molecule is CCn1ncc(Br)c1C(=O)NCCn1cc([N+](=O)[O-])cn1. The van der Waals surface area contributed by atoms with E-state index in [0.717, 1.165) is 0 Å². The molecule has 10 heteroatoms. The van der Waals surface area contributed by atoms with E-state index in [-0.39, 0.29) is 11.6 Å². The molecule has 9 nitrogen and oxygen atoms in total. The quantitative estimate of drug-likeness (QED) is 0.617. The Morgan fingerprint density at radius 3 is 2.86 bits per heavy atom. The second-order valence-corrected chi connectivity index (χ2v) is 4.99. The number of halogens is 1. The van der Waals surface area contributed by atoms with Crippen molar-refractivity contribution in [2.45, 2.75) is 20.0 Å². The highest BCUT2D eigenvalue weighted by molar-refractivity contribution is 9.10. The Bertz CT molecular complexity index is 665. The fourth-order valence-electron chi connectivity index (χ4n) is 1.76. The minimum atomic E-state index is -0.515. The second kappa shape index (κ2) is 6.48. The lowest BCUT2D eigenvalue weighted by Gasteiger charge is -2.07. The molecule has 0 saturated heterocycles. The van der Waals surface area contributed by atoms with Crippen molar-refractivity contribution < 1.29 is 9.72 Å². The van der Waals surface area contributed by atoms with Gasteiger partial charge in [0.05, 0.1) is 22.1 Å². The number of aromatic nitrogens is 4. The maximum atomic E-state index is 12.1. The summed E-state index contributed by atoms with van der Waals surface area (Å²) < 4.78 is 3.61. The van der Waals surface area contributed by atoms with Crippen molar-refractivity contribution >= 4 is 27.5 Å². The number of carbonyl (C=O) groups is 1. The minimum absolute atomic E-state index is 0.0758. The van der Waals surface area contributed by atoms with E-state index >= 15 is 0 Å². The van der Waals surface area contributed by atoms with Crippen LogP contribution in [0.1, 0.15) is 17.4 Å². The number of aryl methyl sites for hydroxylation is 1. The number of nitro groups is 1. The molecule has 0 aliphatic rings. The zero-order valence-corrected chi connectivity index (χ0v) is 12.8. The van der Waals surface area contributed by atoms with Gasteiger partial charge in [-0.1, -0.05) is 0 Å². The van der Waals surface area contributed by atoms with Crippen LogP contribution in [0.4, 0.5) is 5.69 Å². The van der Waals surface area contributed by atoms with E-state index < -0.39 is 4.92 Å². The average Bonchev–Trinajstić information content (AvgIpc) is 3.05. The third kappa shape index (κ3) is 3.45. The summed E-state index contributed by atoms with van der Waals surface area (Å²) in [6.45, 7) is 3.12. The highest BCUT2D eigenvalue weighted by atomic mass is 79.9. The third-order valence-corrected chi connectivity index (χ3v) is 3.35. The second-order valence-electron chi connectivity index (χ2n) is 4.13. The highest BCUT2D eigenvalue weighted by Gasteiger charge is 2.16. The van der Waals surface area contributed by atoms with Crippen molar-refractivity contribution in [1.82, 2.24) is 24.9 Å². The molecule has 0 radical (unpaired) electrons. The zero-order valence-electron chi connectivity index (χ0n) is 11.2. The van der Waals surface area contributed by atoms with Gasteiger partial charge < -0.3 is 5.32 Å². The maximum Gasteiger partial charge on any atom is 0.306 e. The third-order valence-electron chi connectivity index (χ3n) is 2.77. The van der Waals surface area contributed by atoms with Gasteiger partial charge in [0, 0.05) is 13.1 Å². The Morgan fingerprint density at radius 1 is 1.48 bits per heavy atom. The number of nitrogens with zero attached hydrogens (tertiary/aromatic N) is 5. The normalized spacial score (nSPS) is 10.6. The van der Waals surface area contributed by atoms with Crippen molar-refractivity contribution in [1.29, 1.82) is 0 Å². The van der Waals surface area contributed by atoms with Crippen molar-refractivity contribution in [3.63, 3.8) is 0 Å². The summed E-state index contributed by atoms with van der Waals surface area (Å²) in [7, 11) is 0. The summed E-state index contributed by atoms with van der Waals surface area (Å²) in [4.78, 5) is 22.1. The topological polar surface area (TPSA) is 108 Å². The summed E-state index contributed by atoms with van der Waals surface area (Å²) in [6.07, 6.45) is 4.05. The Hall–Kier alpha value is -2.23. The molecule has 0 aliphatic heterocycles. The summed E-state index contributed by atoms with van der Waals surface area (Å²) in [5.74, 6) is -0.261. The van der Waals surface area contributed by atoms with E-state index in [4.69, 9.17) is 0 Å². The molecule has 2 aromatic heterocycles. The molecule has 1 N–H and O–H groups in total. The van der Waals surface area contributed by atoms with Crippen LogP contribution in [0.25, 0.3) is 0 Å². The van der Waals surface area contributed by atoms with E-state index in [0.29, 0.717) is 29.8 Å². The van der Waals surface area contributed by atoms with Crippen LogP contribution >= 0.6 is 15.9 Å². The first kappa shape index (κ1) is 15.2. The molecule has 0 saturated carbocycles. The number of carbonyl (C=O) groups excluding carboxylic acids is 1. The van der Waals surface area contributed by atoms with Gasteiger partial charge in [-0.2, -0.15) is 10.2 Å². The molecule has 0 aromatic carbocycles. The number of hydrogen-bond donors (Lipinski definition) is 1. The standard InChI is InChI=1S/C11H13BrN6O3/c1-2-17-10(9(12)6-15-17)11(19)13-3-4-16-7-8(5-14-16)18(20)21/h5-7H,2-4H2,1H3,(H,13,19). The first-order chi connectivity index (χ1) is 10.0. The lowest BCUT2D eigenvalue weighted by Crippen LogP contribution is -2.29. The fraction of sp³-hybridized carbons (Fsp3) is 0.364. The molecular weight excluding hydrogens is 344 g/mol. The highest BCUT2D eigenvalue weighted by Crippen LogP contribution is 2.15. The summed E-state index contributed by atoms with van der Waals surface area (Å²) >= 11 is 3.28. The van der Waals surface area contributed by atoms with Crippen molar-refractivity contribution in [2.75, 3.05) is 6.54 Å². The van der Waals surface area contributed by atoms with Crippen LogP contribution in [0, 0.1) is 10.1 Å². The summed E-state index contributed by atoms with van der Waals surface area (Å²) in [6, 6.07) is 0. The molecule has 2 heterocycles. The van der Waals surface area contributed by atoms with Crippen LogP contribution in [-0.4, -0.2) is 36.9 Å². The number of hydrogen-bond acceptors (Lipinski definition) is 5. The maximum absolute atomic E-state index is 12.1. The van der Waals surface area contributed by atoms with Crippen LogP contribution in [0.5, 0.6) is 0 Å². The molecule has 21 heavy (non-hydrogen) atoms. The molecule has 112 valence electrons. The Morgan fingerprint density at radius 2 is 2.24 bits per heavy atom. The Kier molecular flexibility index (Phi) is 4.68. The van der Waals surface area contributed by atoms with E-state index in [1.165, 1.54) is 17.1 Å². The van der Waals surface area contributed by atoms with Crippen molar-refractivity contribution in [2.24, 2.45) is 0 Å². The van der Waals surface area contributed by atoms with Crippen molar-refractivity contribution in [3.8, 4) is 0 Å². The first-order valence-electron chi connectivity index (χ1n) is 6.19. The van der Waals surface area contributed by atoms with Gasteiger partial charge in [0.1, 0.15) is 18.1 Å². The monoisotopic (exact) mass is 356 g/mol.